The predicted octanol–water partition coefficient (Wildman–Crippen LogP) is 5.78. The zero-order valence-electron chi connectivity index (χ0n) is 33.5. The van der Waals surface area contributed by atoms with Crippen LogP contribution in [0.25, 0.3) is 28.2 Å². The standard InChI is InChI=1S/C44H48ClN7O8/c1-26-30(25-60-40-16-39(59-24-29-12-32(46-3)20-47-18-29)31(13-38(40)45)19-49-22-34(54)15-43(57)58)6-4-7-35(26)36-8-5-9-37(27(36)2)44-50-41-11-10-28(23-52(41)51-44)17-48-21-33(53)14-42(55)56/h4-13,16,18,20,23,33-34,46,48-49,53-54H,14-15,17,19,21-22,24-25H2,1-3H3,(H,55,56)(H,57,58)/t33-,34-/m0/s1. The SMILES string of the molecule is CNc1cncc(COc2cc(OCc3cccc(-c4cccc(-c5nc6ccc(CNC[C@@H](O)CC(=O)O)cn6n5)c4C)c3C)c(Cl)cc2CNC[C@@H](O)CC(=O)O)c1. The summed E-state index contributed by atoms with van der Waals surface area (Å²) in [7, 11) is 1.81. The number of benzene rings is 3. The van der Waals surface area contributed by atoms with E-state index in [0.29, 0.717) is 40.1 Å². The highest BCUT2D eigenvalue weighted by Crippen LogP contribution is 2.36. The van der Waals surface area contributed by atoms with E-state index in [2.05, 4.69) is 40.0 Å². The molecule has 0 aliphatic heterocycles. The molecule has 0 unspecified atom stereocenters. The van der Waals surface area contributed by atoms with Crippen LogP contribution in [0.2, 0.25) is 5.02 Å². The summed E-state index contributed by atoms with van der Waals surface area (Å²) in [5.41, 5.74) is 9.86. The molecule has 0 aliphatic carbocycles. The molecule has 0 amide bonds. The first-order chi connectivity index (χ1) is 28.9. The van der Waals surface area contributed by atoms with Crippen LogP contribution < -0.4 is 25.4 Å². The van der Waals surface area contributed by atoms with Crippen molar-refractivity contribution in [1.82, 2.24) is 30.2 Å². The number of aromatic nitrogens is 4. The molecular formula is C44H48ClN7O8. The van der Waals surface area contributed by atoms with Gasteiger partial charge in [0.15, 0.2) is 11.5 Å². The largest absolute Gasteiger partial charge is 0.488 e. The molecule has 0 fully saturated rings. The van der Waals surface area contributed by atoms with Gasteiger partial charge in [-0.2, -0.15) is 0 Å². The van der Waals surface area contributed by atoms with Crippen molar-refractivity contribution >= 4 is 34.9 Å². The van der Waals surface area contributed by atoms with Gasteiger partial charge in [0.1, 0.15) is 24.7 Å². The summed E-state index contributed by atoms with van der Waals surface area (Å²) in [4.78, 5) is 30.9. The van der Waals surface area contributed by atoms with Gasteiger partial charge in [0.25, 0.3) is 0 Å². The molecule has 314 valence electrons. The van der Waals surface area contributed by atoms with E-state index < -0.39 is 24.1 Å². The van der Waals surface area contributed by atoms with E-state index in [0.717, 1.165) is 50.2 Å². The van der Waals surface area contributed by atoms with Gasteiger partial charge in [-0.15, -0.1) is 5.10 Å². The maximum Gasteiger partial charge on any atom is 0.306 e. The normalized spacial score (nSPS) is 12.3. The minimum atomic E-state index is -1.09. The van der Waals surface area contributed by atoms with Crippen LogP contribution in [0.5, 0.6) is 11.5 Å². The van der Waals surface area contributed by atoms with Gasteiger partial charge < -0.3 is 45.9 Å². The first kappa shape index (κ1) is 43.5. The van der Waals surface area contributed by atoms with E-state index in [1.807, 2.05) is 62.6 Å². The molecule has 16 heteroatoms. The minimum absolute atomic E-state index is 0.0644. The summed E-state index contributed by atoms with van der Waals surface area (Å²) in [6, 6.07) is 21.3. The van der Waals surface area contributed by atoms with Crippen molar-refractivity contribution in [2.75, 3.05) is 25.5 Å². The Balaban J connectivity index is 1.19. The van der Waals surface area contributed by atoms with Gasteiger partial charge in [0.2, 0.25) is 0 Å². The van der Waals surface area contributed by atoms with Crippen molar-refractivity contribution in [3.05, 3.63) is 124 Å². The molecule has 2 atom stereocenters. The average molecular weight is 838 g/mol. The quantitative estimate of drug-likeness (QED) is 0.0458. The van der Waals surface area contributed by atoms with Gasteiger partial charge in [-0.3, -0.25) is 14.6 Å². The van der Waals surface area contributed by atoms with Crippen LogP contribution in [-0.4, -0.2) is 84.3 Å². The maximum absolute atomic E-state index is 11.0. The highest BCUT2D eigenvalue weighted by Gasteiger charge is 2.18. The van der Waals surface area contributed by atoms with Crippen molar-refractivity contribution in [3.8, 4) is 34.0 Å². The number of ether oxygens (including phenoxy) is 2. The van der Waals surface area contributed by atoms with Crippen LogP contribution in [-0.2, 0) is 35.9 Å². The summed E-state index contributed by atoms with van der Waals surface area (Å²) in [6.07, 6.45) is 2.55. The maximum atomic E-state index is 11.0. The van der Waals surface area contributed by atoms with Crippen LogP contribution in [0.4, 0.5) is 5.69 Å². The monoisotopic (exact) mass is 837 g/mol. The first-order valence-electron chi connectivity index (χ1n) is 19.3. The smallest absolute Gasteiger partial charge is 0.306 e. The van der Waals surface area contributed by atoms with E-state index in [4.69, 9.17) is 41.4 Å². The van der Waals surface area contributed by atoms with Crippen molar-refractivity contribution < 1.29 is 39.5 Å². The van der Waals surface area contributed by atoms with E-state index in [1.54, 1.807) is 29.0 Å². The van der Waals surface area contributed by atoms with Crippen LogP contribution in [0, 0.1) is 13.8 Å². The van der Waals surface area contributed by atoms with E-state index in [-0.39, 0.29) is 45.7 Å². The van der Waals surface area contributed by atoms with Crippen molar-refractivity contribution in [3.63, 3.8) is 0 Å². The number of nitrogens with one attached hydrogen (secondary N) is 3. The summed E-state index contributed by atoms with van der Waals surface area (Å²) in [5.74, 6) is -0.645. The van der Waals surface area contributed by atoms with Gasteiger partial charge in [0, 0.05) is 74.6 Å². The highest BCUT2D eigenvalue weighted by atomic mass is 35.5. The minimum Gasteiger partial charge on any atom is -0.488 e. The molecule has 3 aromatic heterocycles. The Morgan fingerprint density at radius 3 is 2.15 bits per heavy atom. The molecule has 3 aromatic carbocycles. The molecule has 0 bridgehead atoms. The molecule has 0 saturated carbocycles. The van der Waals surface area contributed by atoms with Gasteiger partial charge in [-0.25, -0.2) is 9.50 Å². The summed E-state index contributed by atoms with van der Waals surface area (Å²) in [6.45, 7) is 5.43. The number of aliphatic hydroxyl groups is 2. The van der Waals surface area contributed by atoms with Crippen LogP contribution in [0.15, 0.2) is 85.3 Å². The zero-order chi connectivity index (χ0) is 42.8. The van der Waals surface area contributed by atoms with Crippen molar-refractivity contribution in [2.45, 2.75) is 65.2 Å². The molecular weight excluding hydrogens is 790 g/mol. The number of fused-ring (bicyclic) bond motifs is 1. The molecule has 0 aliphatic rings. The topological polar surface area (TPSA) is 213 Å². The van der Waals surface area contributed by atoms with Gasteiger partial charge in [-0.05, 0) is 65.4 Å². The van der Waals surface area contributed by atoms with Crippen molar-refractivity contribution in [1.29, 1.82) is 0 Å². The Hall–Kier alpha value is -6.10. The Labute approximate surface area is 352 Å². The summed E-state index contributed by atoms with van der Waals surface area (Å²) in [5, 5.41) is 52.2. The molecule has 6 rings (SSSR count). The molecule has 0 spiro atoms. The second-order valence-electron chi connectivity index (χ2n) is 14.4. The number of nitrogens with zero attached hydrogens (tertiary/aromatic N) is 4. The Morgan fingerprint density at radius 1 is 0.767 bits per heavy atom. The third-order valence-electron chi connectivity index (χ3n) is 9.90. The Kier molecular flexibility index (Phi) is 14.7. The Bertz CT molecular complexity index is 2460. The van der Waals surface area contributed by atoms with Gasteiger partial charge in [-0.1, -0.05) is 54.1 Å². The number of carboxylic acids is 2. The number of rotatable bonds is 21. The summed E-state index contributed by atoms with van der Waals surface area (Å²) < 4.78 is 14.3. The number of carbonyl (C=O) groups is 2. The van der Waals surface area contributed by atoms with Crippen molar-refractivity contribution in [2.24, 2.45) is 0 Å². The third kappa shape index (κ3) is 11.3. The number of aliphatic hydroxyl groups excluding tert-OH is 2. The Morgan fingerprint density at radius 2 is 1.43 bits per heavy atom. The molecule has 15 nitrogen and oxygen atoms in total. The fourth-order valence-corrected chi connectivity index (χ4v) is 6.97. The summed E-state index contributed by atoms with van der Waals surface area (Å²) >= 11 is 6.79. The molecule has 3 heterocycles. The van der Waals surface area contributed by atoms with E-state index in [1.165, 1.54) is 0 Å². The lowest BCUT2D eigenvalue weighted by molar-refractivity contribution is -0.140. The zero-order valence-corrected chi connectivity index (χ0v) is 34.2. The second kappa shape index (κ2) is 20.2. The lowest BCUT2D eigenvalue weighted by Gasteiger charge is -2.18. The molecule has 7 N–H and O–H groups in total. The molecule has 60 heavy (non-hydrogen) atoms. The number of carboxylic acid groups (broad SMARTS) is 2. The van der Waals surface area contributed by atoms with Gasteiger partial charge in [0.05, 0.1) is 35.8 Å². The van der Waals surface area contributed by atoms with E-state index >= 15 is 0 Å². The van der Waals surface area contributed by atoms with Crippen LogP contribution in [0.3, 0.4) is 0 Å². The second-order valence-corrected chi connectivity index (χ2v) is 14.8. The van der Waals surface area contributed by atoms with Gasteiger partial charge >= 0.3 is 11.9 Å². The number of pyridine rings is 2. The fourth-order valence-electron chi connectivity index (χ4n) is 6.73. The first-order valence-corrected chi connectivity index (χ1v) is 19.7. The average Bonchev–Trinajstić information content (AvgIpc) is 3.63. The predicted molar refractivity (Wildman–Crippen MR) is 227 cm³/mol. The van der Waals surface area contributed by atoms with Crippen LogP contribution in [0.1, 0.15) is 46.2 Å². The molecule has 0 saturated heterocycles. The third-order valence-corrected chi connectivity index (χ3v) is 10.2. The lowest BCUT2D eigenvalue weighted by atomic mass is 9.91. The number of hydrogen-bond acceptors (Lipinski definition) is 12. The number of aliphatic carboxylic acids is 2. The lowest BCUT2D eigenvalue weighted by Crippen LogP contribution is -2.28. The fraction of sp³-hybridized carbons (Fsp3) is 0.295. The highest BCUT2D eigenvalue weighted by molar-refractivity contribution is 6.32. The number of hydrogen-bond donors (Lipinski definition) is 7. The van der Waals surface area contributed by atoms with Crippen LogP contribution >= 0.6 is 11.6 Å². The number of halogens is 1. The molecule has 6 aromatic rings. The van der Waals surface area contributed by atoms with E-state index in [9.17, 15) is 19.8 Å². The number of anilines is 1. The molecule has 0 radical (unpaired) electrons.